The average molecular weight is 530 g/mol. The summed E-state index contributed by atoms with van der Waals surface area (Å²) < 4.78 is 7.06. The fraction of sp³-hybridized carbons (Fsp3) is 0.241. The van der Waals surface area contributed by atoms with Crippen LogP contribution in [0.4, 0.5) is 0 Å². The number of nitrogens with zero attached hydrogens (tertiary/aromatic N) is 4. The first kappa shape index (κ1) is 26.9. The van der Waals surface area contributed by atoms with Gasteiger partial charge in [-0.3, -0.25) is 9.36 Å². The van der Waals surface area contributed by atoms with E-state index in [1.165, 1.54) is 36.7 Å². The van der Waals surface area contributed by atoms with Crippen LogP contribution in [0.3, 0.4) is 0 Å². The molecule has 0 spiro atoms. The number of carbonyl (C=O) groups is 1. The van der Waals surface area contributed by atoms with Crippen molar-refractivity contribution >= 4 is 23.9 Å². The lowest BCUT2D eigenvalue weighted by molar-refractivity contribution is -0.118. The molecule has 0 aliphatic heterocycles. The molecule has 0 aliphatic carbocycles. The van der Waals surface area contributed by atoms with Gasteiger partial charge >= 0.3 is 0 Å². The number of phenols is 1. The van der Waals surface area contributed by atoms with E-state index in [1.807, 2.05) is 35.8 Å². The van der Waals surface area contributed by atoms with Crippen LogP contribution in [-0.4, -0.2) is 44.9 Å². The zero-order chi connectivity index (χ0) is 27.3. The Bertz CT molecular complexity index is 1440. The maximum absolute atomic E-state index is 12.5. The second-order valence-electron chi connectivity index (χ2n) is 9.82. The normalized spacial score (nSPS) is 11.6. The van der Waals surface area contributed by atoms with Crippen LogP contribution < -0.4 is 10.2 Å². The van der Waals surface area contributed by atoms with E-state index in [-0.39, 0.29) is 22.8 Å². The van der Waals surface area contributed by atoms with Crippen LogP contribution in [0, 0.1) is 6.92 Å². The van der Waals surface area contributed by atoms with Gasteiger partial charge in [-0.2, -0.15) is 5.10 Å². The molecule has 196 valence electrons. The summed E-state index contributed by atoms with van der Waals surface area (Å²) in [5.41, 5.74) is 7.49. The monoisotopic (exact) mass is 529 g/mol. The Balaban J connectivity index is 1.52. The Morgan fingerprint density at radius 2 is 1.79 bits per heavy atom. The van der Waals surface area contributed by atoms with Crippen LogP contribution in [0.1, 0.15) is 37.5 Å². The maximum atomic E-state index is 12.5. The number of aryl methyl sites for hydroxylation is 1. The molecule has 9 heteroatoms. The third-order valence-corrected chi connectivity index (χ3v) is 6.80. The third-order valence-electron chi connectivity index (χ3n) is 5.87. The average Bonchev–Trinajstić information content (AvgIpc) is 3.32. The van der Waals surface area contributed by atoms with Crippen LogP contribution in [0.25, 0.3) is 17.1 Å². The number of amides is 1. The summed E-state index contributed by atoms with van der Waals surface area (Å²) in [6.07, 6.45) is 1.48. The van der Waals surface area contributed by atoms with Crippen LogP contribution in [0.5, 0.6) is 11.5 Å². The highest BCUT2D eigenvalue weighted by atomic mass is 32.2. The lowest BCUT2D eigenvalue weighted by Crippen LogP contribution is -2.20. The highest BCUT2D eigenvalue weighted by Crippen LogP contribution is 2.30. The molecule has 4 rings (SSSR count). The minimum atomic E-state index is -0.286. The topological polar surface area (TPSA) is 102 Å². The van der Waals surface area contributed by atoms with E-state index in [4.69, 9.17) is 4.74 Å². The number of hydrazone groups is 1. The van der Waals surface area contributed by atoms with Crippen LogP contribution in [-0.2, 0) is 10.2 Å². The molecule has 0 saturated carbocycles. The van der Waals surface area contributed by atoms with Gasteiger partial charge in [-0.25, -0.2) is 5.43 Å². The molecule has 0 fully saturated rings. The third kappa shape index (κ3) is 6.41. The zero-order valence-corrected chi connectivity index (χ0v) is 22.9. The molecule has 0 bridgehead atoms. The van der Waals surface area contributed by atoms with E-state index in [0.29, 0.717) is 22.3 Å². The number of aromatic nitrogens is 3. The molecular weight excluding hydrogens is 498 g/mol. The van der Waals surface area contributed by atoms with Crippen molar-refractivity contribution in [1.29, 1.82) is 0 Å². The van der Waals surface area contributed by atoms with E-state index >= 15 is 0 Å². The van der Waals surface area contributed by atoms with Gasteiger partial charge in [0.05, 0.1) is 19.1 Å². The number of phenolic OH excluding ortho intramolecular Hbond substituents is 1. The molecule has 8 nitrogen and oxygen atoms in total. The molecule has 1 amide bonds. The number of hydrogen-bond acceptors (Lipinski definition) is 7. The lowest BCUT2D eigenvalue weighted by Gasteiger charge is -2.19. The van der Waals surface area contributed by atoms with E-state index in [1.54, 1.807) is 12.1 Å². The number of carbonyl (C=O) groups excluding carboxylic acids is 1. The molecule has 0 aliphatic rings. The summed E-state index contributed by atoms with van der Waals surface area (Å²) in [6.45, 7) is 8.59. The first-order chi connectivity index (χ1) is 18.2. The van der Waals surface area contributed by atoms with Gasteiger partial charge in [0.2, 0.25) is 0 Å². The van der Waals surface area contributed by atoms with Gasteiger partial charge < -0.3 is 9.84 Å². The predicted octanol–water partition coefficient (Wildman–Crippen LogP) is 5.50. The van der Waals surface area contributed by atoms with Crippen molar-refractivity contribution in [3.63, 3.8) is 0 Å². The lowest BCUT2D eigenvalue weighted by atomic mass is 9.87. The number of aromatic hydroxyl groups is 1. The summed E-state index contributed by atoms with van der Waals surface area (Å²) in [7, 11) is 1.47. The van der Waals surface area contributed by atoms with Crippen molar-refractivity contribution in [2.75, 3.05) is 12.9 Å². The molecule has 0 saturated heterocycles. The predicted molar refractivity (Wildman–Crippen MR) is 151 cm³/mol. The number of benzene rings is 3. The quantitative estimate of drug-likeness (QED) is 0.178. The van der Waals surface area contributed by atoms with Crippen molar-refractivity contribution in [2.45, 2.75) is 38.3 Å². The van der Waals surface area contributed by atoms with Crippen molar-refractivity contribution in [3.05, 3.63) is 83.4 Å². The Hall–Kier alpha value is -4.11. The Kier molecular flexibility index (Phi) is 8.16. The SMILES string of the molecule is COc1cc(/C=N/NC(=O)CSc2nnc(-c3ccc(C(C)(C)C)cc3)n2-c2ccc(C)cc2)ccc1O. The highest BCUT2D eigenvalue weighted by Gasteiger charge is 2.19. The molecular formula is C29H31N5O3S. The smallest absolute Gasteiger partial charge is 0.250 e. The van der Waals surface area contributed by atoms with Crippen LogP contribution in [0.15, 0.2) is 77.0 Å². The fourth-order valence-electron chi connectivity index (χ4n) is 3.71. The van der Waals surface area contributed by atoms with Gasteiger partial charge in [-0.05, 0) is 53.8 Å². The Morgan fingerprint density at radius 3 is 2.45 bits per heavy atom. The summed E-state index contributed by atoms with van der Waals surface area (Å²) in [4.78, 5) is 12.5. The van der Waals surface area contributed by atoms with E-state index in [2.05, 4.69) is 65.8 Å². The second-order valence-corrected chi connectivity index (χ2v) is 10.8. The van der Waals surface area contributed by atoms with Crippen LogP contribution >= 0.6 is 11.8 Å². The summed E-state index contributed by atoms with van der Waals surface area (Å²) in [5, 5.41) is 23.2. The van der Waals surface area contributed by atoms with E-state index in [9.17, 15) is 9.90 Å². The molecule has 0 atom stereocenters. The van der Waals surface area contributed by atoms with Gasteiger partial charge in [0.25, 0.3) is 5.91 Å². The van der Waals surface area contributed by atoms with Crippen molar-refractivity contribution < 1.29 is 14.6 Å². The molecule has 2 N–H and O–H groups in total. The van der Waals surface area contributed by atoms with E-state index in [0.717, 1.165) is 16.8 Å². The second kappa shape index (κ2) is 11.5. The molecule has 38 heavy (non-hydrogen) atoms. The summed E-state index contributed by atoms with van der Waals surface area (Å²) in [5.74, 6) is 0.883. The first-order valence-electron chi connectivity index (χ1n) is 12.1. The number of thioether (sulfide) groups is 1. The van der Waals surface area contributed by atoms with Gasteiger partial charge in [-0.15, -0.1) is 10.2 Å². The van der Waals surface area contributed by atoms with Crippen LogP contribution in [0.2, 0.25) is 0 Å². The van der Waals surface area contributed by atoms with Crippen molar-refractivity contribution in [1.82, 2.24) is 20.2 Å². The number of methoxy groups -OCH3 is 1. The number of ether oxygens (including phenoxy) is 1. The largest absolute Gasteiger partial charge is 0.504 e. The maximum Gasteiger partial charge on any atom is 0.250 e. The number of rotatable bonds is 8. The van der Waals surface area contributed by atoms with E-state index < -0.39 is 0 Å². The standard InChI is InChI=1S/C29H31N5O3S/c1-19-6-13-23(14-7-19)34-27(21-9-11-22(12-10-21)29(2,3)4)32-33-28(34)38-18-26(36)31-30-17-20-8-15-24(35)25(16-20)37-5/h6-17,35H,18H2,1-5H3,(H,31,36)/b30-17+. The van der Waals surface area contributed by atoms with Crippen molar-refractivity contribution in [3.8, 4) is 28.6 Å². The Morgan fingerprint density at radius 1 is 1.08 bits per heavy atom. The molecule has 0 radical (unpaired) electrons. The molecule has 1 aromatic heterocycles. The summed E-state index contributed by atoms with van der Waals surface area (Å²) >= 11 is 1.28. The van der Waals surface area contributed by atoms with Gasteiger partial charge in [0.15, 0.2) is 22.5 Å². The number of hydrogen-bond donors (Lipinski definition) is 2. The highest BCUT2D eigenvalue weighted by molar-refractivity contribution is 7.99. The zero-order valence-electron chi connectivity index (χ0n) is 22.1. The molecule has 3 aromatic carbocycles. The summed E-state index contributed by atoms with van der Waals surface area (Å²) in [6, 6.07) is 21.3. The fourth-order valence-corrected chi connectivity index (χ4v) is 4.46. The number of nitrogens with one attached hydrogen (secondary N) is 1. The molecule has 4 aromatic rings. The first-order valence-corrected chi connectivity index (χ1v) is 13.1. The van der Waals surface area contributed by atoms with Gasteiger partial charge in [0, 0.05) is 11.3 Å². The minimum absolute atomic E-state index is 0.0345. The molecule has 0 unspecified atom stereocenters. The van der Waals surface area contributed by atoms with Crippen molar-refractivity contribution in [2.24, 2.45) is 5.10 Å². The minimum Gasteiger partial charge on any atom is -0.504 e. The van der Waals surface area contributed by atoms with Gasteiger partial charge in [-0.1, -0.05) is 74.5 Å². The Labute approximate surface area is 226 Å². The molecule has 1 heterocycles. The van der Waals surface area contributed by atoms with Gasteiger partial charge in [0.1, 0.15) is 0 Å².